The number of nitrogens with zero attached hydrogens (tertiary/aromatic N) is 4. The quantitative estimate of drug-likeness (QED) is 0.291. The van der Waals surface area contributed by atoms with E-state index in [1.807, 2.05) is 30.3 Å². The number of nitrogens with two attached hydrogens (primary N) is 1. The molecule has 1 aliphatic carbocycles. The maximum atomic E-state index is 9.56. The van der Waals surface area contributed by atoms with Crippen molar-refractivity contribution in [2.75, 3.05) is 25.9 Å². The predicted molar refractivity (Wildman–Crippen MR) is 128 cm³/mol. The van der Waals surface area contributed by atoms with Gasteiger partial charge in [0.2, 0.25) is 0 Å². The molecule has 164 valence electrons. The summed E-state index contributed by atoms with van der Waals surface area (Å²) in [6, 6.07) is 22.5. The van der Waals surface area contributed by atoms with E-state index in [9.17, 15) is 5.26 Å². The average Bonchev–Trinajstić information content (AvgIpc) is 3.57. The van der Waals surface area contributed by atoms with E-state index in [2.05, 4.69) is 57.1 Å². The Balaban J connectivity index is 1.30. The van der Waals surface area contributed by atoms with Crippen LogP contribution in [0.3, 0.4) is 0 Å². The molecule has 7 nitrogen and oxygen atoms in total. The van der Waals surface area contributed by atoms with E-state index in [1.165, 1.54) is 18.4 Å². The largest absolute Gasteiger partial charge is 0.382 e. The van der Waals surface area contributed by atoms with E-state index in [0.29, 0.717) is 17.8 Å². The number of hydrogen-bond donors (Lipinski definition) is 3. The molecule has 0 aliphatic heterocycles. The number of guanidine groups is 1. The lowest BCUT2D eigenvalue weighted by Gasteiger charge is -2.19. The van der Waals surface area contributed by atoms with E-state index >= 15 is 0 Å². The first-order valence-corrected chi connectivity index (χ1v) is 11.0. The number of nitriles is 1. The van der Waals surface area contributed by atoms with Crippen molar-refractivity contribution in [1.82, 2.24) is 20.4 Å². The summed E-state index contributed by atoms with van der Waals surface area (Å²) >= 11 is 0. The third kappa shape index (κ3) is 4.59. The highest BCUT2D eigenvalue weighted by molar-refractivity contribution is 5.79. The molecule has 0 radical (unpaired) electrons. The average molecular weight is 428 g/mol. The molecule has 2 aromatic carbocycles. The number of para-hydroxylation sites is 1. The Morgan fingerprint density at radius 1 is 1.12 bits per heavy atom. The summed E-state index contributed by atoms with van der Waals surface area (Å²) in [4.78, 5) is 4.35. The Bertz CT molecular complexity index is 1110. The Morgan fingerprint density at radius 2 is 1.81 bits per heavy atom. The smallest absolute Gasteiger partial charge is 0.191 e. The Kier molecular flexibility index (Phi) is 6.41. The molecule has 1 heterocycles. The summed E-state index contributed by atoms with van der Waals surface area (Å²) in [7, 11) is 1.79. The normalized spacial score (nSPS) is 14.6. The first-order valence-electron chi connectivity index (χ1n) is 11.0. The van der Waals surface area contributed by atoms with Crippen molar-refractivity contribution in [2.24, 2.45) is 4.99 Å². The monoisotopic (exact) mass is 427 g/mol. The summed E-state index contributed by atoms with van der Waals surface area (Å²) in [6.07, 6.45) is 3.86. The van der Waals surface area contributed by atoms with Crippen LogP contribution in [0.1, 0.15) is 36.1 Å². The molecule has 0 saturated heterocycles. The highest BCUT2D eigenvalue weighted by atomic mass is 15.3. The van der Waals surface area contributed by atoms with Gasteiger partial charge in [-0.3, -0.25) is 4.99 Å². The van der Waals surface area contributed by atoms with E-state index in [4.69, 9.17) is 5.73 Å². The summed E-state index contributed by atoms with van der Waals surface area (Å²) in [5.41, 5.74) is 9.83. The molecular formula is C25H29N7. The van der Waals surface area contributed by atoms with Crippen molar-refractivity contribution < 1.29 is 0 Å². The second-order valence-electron chi connectivity index (χ2n) is 8.17. The van der Waals surface area contributed by atoms with Crippen LogP contribution < -0.4 is 16.4 Å². The van der Waals surface area contributed by atoms with Crippen molar-refractivity contribution in [1.29, 1.82) is 5.26 Å². The fourth-order valence-electron chi connectivity index (χ4n) is 3.99. The summed E-state index contributed by atoms with van der Waals surface area (Å²) in [5.74, 6) is 1.18. The molecule has 0 bridgehead atoms. The first-order chi connectivity index (χ1) is 15.7. The number of nitrogen functional groups attached to an aromatic ring is 1. The number of hydrogen-bond acceptors (Lipinski definition) is 4. The fourth-order valence-corrected chi connectivity index (χ4v) is 3.99. The minimum Gasteiger partial charge on any atom is -0.382 e. The minimum atomic E-state index is 0.225. The lowest BCUT2D eigenvalue weighted by Crippen LogP contribution is -2.41. The van der Waals surface area contributed by atoms with Gasteiger partial charge in [0.15, 0.2) is 5.96 Å². The zero-order valence-electron chi connectivity index (χ0n) is 18.4. The first kappa shape index (κ1) is 21.4. The lowest BCUT2D eigenvalue weighted by molar-refractivity contribution is 0.641. The fraction of sp³-hybridized carbons (Fsp3) is 0.320. The van der Waals surface area contributed by atoms with Crippen LogP contribution in [-0.2, 0) is 11.8 Å². The van der Waals surface area contributed by atoms with Gasteiger partial charge in [0.1, 0.15) is 17.5 Å². The third-order valence-corrected chi connectivity index (χ3v) is 6.05. The zero-order chi connectivity index (χ0) is 22.4. The summed E-state index contributed by atoms with van der Waals surface area (Å²) < 4.78 is 1.64. The van der Waals surface area contributed by atoms with Crippen LogP contribution in [0.2, 0.25) is 0 Å². The van der Waals surface area contributed by atoms with Gasteiger partial charge in [-0.25, -0.2) is 4.68 Å². The molecule has 32 heavy (non-hydrogen) atoms. The molecule has 0 unspecified atom stereocenters. The summed E-state index contributed by atoms with van der Waals surface area (Å²) in [6.45, 7) is 1.59. The molecule has 3 aromatic rings. The number of benzene rings is 2. The van der Waals surface area contributed by atoms with Gasteiger partial charge in [0, 0.05) is 25.6 Å². The topological polar surface area (TPSA) is 104 Å². The number of rotatable bonds is 8. The maximum Gasteiger partial charge on any atom is 0.191 e. The number of aryl methyl sites for hydroxylation is 1. The number of anilines is 1. The molecule has 4 N–H and O–H groups in total. The van der Waals surface area contributed by atoms with Gasteiger partial charge in [-0.15, -0.1) is 0 Å². The van der Waals surface area contributed by atoms with Gasteiger partial charge in [-0.05, 0) is 43.4 Å². The van der Waals surface area contributed by atoms with Gasteiger partial charge in [-0.1, -0.05) is 48.5 Å². The number of nitrogens with one attached hydrogen (secondary N) is 2. The second kappa shape index (κ2) is 9.56. The van der Waals surface area contributed by atoms with Crippen LogP contribution in [0.5, 0.6) is 0 Å². The highest BCUT2D eigenvalue weighted by Gasteiger charge is 2.43. The van der Waals surface area contributed by atoms with E-state index in [0.717, 1.165) is 36.9 Å². The molecule has 1 fully saturated rings. The van der Waals surface area contributed by atoms with E-state index in [1.54, 1.807) is 11.7 Å². The molecule has 0 spiro atoms. The minimum absolute atomic E-state index is 0.225. The predicted octanol–water partition coefficient (Wildman–Crippen LogP) is 3.16. The van der Waals surface area contributed by atoms with Crippen LogP contribution in [-0.4, -0.2) is 35.9 Å². The second-order valence-corrected chi connectivity index (χ2v) is 8.17. The van der Waals surface area contributed by atoms with Gasteiger partial charge in [0.05, 0.1) is 11.4 Å². The van der Waals surface area contributed by atoms with E-state index in [-0.39, 0.29) is 5.41 Å². The summed E-state index contributed by atoms with van der Waals surface area (Å²) in [5, 5.41) is 21.0. The SMILES string of the molecule is CN=C(NCCCc1nn(-c2ccccc2)c(N)c1C#N)NCC1(c2ccccc2)CC1. The van der Waals surface area contributed by atoms with Crippen molar-refractivity contribution >= 4 is 11.8 Å². The molecule has 1 saturated carbocycles. The van der Waals surface area contributed by atoms with Gasteiger partial charge < -0.3 is 16.4 Å². The van der Waals surface area contributed by atoms with Crippen LogP contribution in [0, 0.1) is 11.3 Å². The molecule has 0 amide bonds. The van der Waals surface area contributed by atoms with Gasteiger partial charge in [0.25, 0.3) is 0 Å². The molecule has 1 aliphatic rings. The molecule has 0 atom stereocenters. The van der Waals surface area contributed by atoms with Gasteiger partial charge >= 0.3 is 0 Å². The lowest BCUT2D eigenvalue weighted by atomic mass is 9.96. The highest BCUT2D eigenvalue weighted by Crippen LogP contribution is 2.47. The number of aliphatic imine (C=N–C) groups is 1. The van der Waals surface area contributed by atoms with Crippen LogP contribution >= 0.6 is 0 Å². The Hall–Kier alpha value is -3.79. The maximum absolute atomic E-state index is 9.56. The van der Waals surface area contributed by atoms with Crippen LogP contribution in [0.4, 0.5) is 5.82 Å². The van der Waals surface area contributed by atoms with Crippen LogP contribution in [0.25, 0.3) is 5.69 Å². The Labute approximate surface area is 189 Å². The molecular weight excluding hydrogens is 398 g/mol. The zero-order valence-corrected chi connectivity index (χ0v) is 18.4. The van der Waals surface area contributed by atoms with Crippen LogP contribution in [0.15, 0.2) is 65.7 Å². The van der Waals surface area contributed by atoms with E-state index < -0.39 is 0 Å². The Morgan fingerprint density at radius 3 is 2.44 bits per heavy atom. The van der Waals surface area contributed by atoms with Crippen molar-refractivity contribution in [2.45, 2.75) is 31.1 Å². The van der Waals surface area contributed by atoms with Crippen molar-refractivity contribution in [3.05, 3.63) is 77.5 Å². The molecule has 7 heteroatoms. The van der Waals surface area contributed by atoms with Crippen molar-refractivity contribution in [3.8, 4) is 11.8 Å². The standard InChI is InChI=1S/C25H29N7/c1-28-24(30-18-25(14-15-25)19-9-4-2-5-10-19)29-16-8-13-22-21(17-26)23(27)32(31-22)20-11-6-3-7-12-20/h2-7,9-12H,8,13-16,18,27H2,1H3,(H2,28,29,30). The van der Waals surface area contributed by atoms with Crippen molar-refractivity contribution in [3.63, 3.8) is 0 Å². The third-order valence-electron chi connectivity index (χ3n) is 6.05. The molecule has 4 rings (SSSR count). The van der Waals surface area contributed by atoms with Gasteiger partial charge in [-0.2, -0.15) is 10.4 Å². The molecule has 1 aromatic heterocycles. The number of aromatic nitrogens is 2.